The van der Waals surface area contributed by atoms with E-state index in [1.807, 2.05) is 18.2 Å². The van der Waals surface area contributed by atoms with Gasteiger partial charge in [0.1, 0.15) is 11.5 Å². The van der Waals surface area contributed by atoms with Gasteiger partial charge in [0, 0.05) is 11.8 Å². The van der Waals surface area contributed by atoms with Crippen molar-refractivity contribution in [1.29, 1.82) is 0 Å². The summed E-state index contributed by atoms with van der Waals surface area (Å²) < 4.78 is 10.5. The zero-order valence-electron chi connectivity index (χ0n) is 10.7. The molecule has 0 unspecified atom stereocenters. The molecule has 0 radical (unpaired) electrons. The lowest BCUT2D eigenvalue weighted by atomic mass is 10.2. The van der Waals surface area contributed by atoms with Gasteiger partial charge >= 0.3 is 0 Å². The molecule has 0 aliphatic rings. The lowest BCUT2D eigenvalue weighted by molar-refractivity contribution is 0.395. The third-order valence-corrected chi connectivity index (χ3v) is 2.98. The first-order valence-electron chi connectivity index (χ1n) is 5.68. The number of halogens is 1. The number of benzene rings is 2. The maximum atomic E-state index is 6.13. The molecule has 2 aromatic rings. The monoisotopic (exact) mass is 278 g/mol. The zero-order chi connectivity index (χ0) is 13.8. The molecule has 0 atom stereocenters. The van der Waals surface area contributed by atoms with E-state index in [1.165, 1.54) is 0 Å². The van der Waals surface area contributed by atoms with Crippen molar-refractivity contribution in [2.24, 2.45) is 0 Å². The van der Waals surface area contributed by atoms with E-state index in [0.717, 1.165) is 17.1 Å². The lowest BCUT2D eigenvalue weighted by Gasteiger charge is -2.13. The minimum atomic E-state index is 0.554. The van der Waals surface area contributed by atoms with Crippen molar-refractivity contribution in [2.75, 3.05) is 25.3 Å². The van der Waals surface area contributed by atoms with Crippen molar-refractivity contribution in [3.8, 4) is 11.5 Å². The Labute approximate surface area is 117 Å². The number of hydrogen-bond acceptors (Lipinski definition) is 4. The quantitative estimate of drug-likeness (QED) is 0.838. The Morgan fingerprint density at radius 1 is 1.00 bits per heavy atom. The predicted molar refractivity (Wildman–Crippen MR) is 78.7 cm³/mol. The van der Waals surface area contributed by atoms with E-state index in [1.54, 1.807) is 32.4 Å². The Balaban J connectivity index is 2.32. The maximum Gasteiger partial charge on any atom is 0.145 e. The number of hydrogen-bond donors (Lipinski definition) is 2. The average Bonchev–Trinajstić information content (AvgIpc) is 2.42. The summed E-state index contributed by atoms with van der Waals surface area (Å²) in [4.78, 5) is 0. The number of nitrogens with one attached hydrogen (secondary N) is 1. The van der Waals surface area contributed by atoms with E-state index in [-0.39, 0.29) is 0 Å². The molecular weight excluding hydrogens is 264 g/mol. The van der Waals surface area contributed by atoms with E-state index in [9.17, 15) is 0 Å². The molecule has 0 bridgehead atoms. The molecule has 0 spiro atoms. The first-order chi connectivity index (χ1) is 9.13. The van der Waals surface area contributed by atoms with Gasteiger partial charge in [-0.3, -0.25) is 0 Å². The van der Waals surface area contributed by atoms with E-state index in [4.69, 9.17) is 26.8 Å². The third-order valence-electron chi connectivity index (χ3n) is 2.67. The Hall–Kier alpha value is -2.07. The van der Waals surface area contributed by atoms with Crippen LogP contribution in [-0.4, -0.2) is 14.2 Å². The van der Waals surface area contributed by atoms with Crippen molar-refractivity contribution in [3.05, 3.63) is 41.4 Å². The molecule has 0 aromatic heterocycles. The van der Waals surface area contributed by atoms with Crippen LogP contribution in [0.25, 0.3) is 0 Å². The van der Waals surface area contributed by atoms with E-state index < -0.39 is 0 Å². The standard InChI is InChI=1S/C14H15ClN2O2/c1-18-10-4-6-13(14(8-10)19-2)17-12-5-3-9(16)7-11(12)15/h3-8,17H,16H2,1-2H3. The van der Waals surface area contributed by atoms with Crippen LogP contribution < -0.4 is 20.5 Å². The van der Waals surface area contributed by atoms with E-state index in [2.05, 4.69) is 5.32 Å². The molecule has 0 saturated heterocycles. The van der Waals surface area contributed by atoms with E-state index >= 15 is 0 Å². The molecule has 4 nitrogen and oxygen atoms in total. The average molecular weight is 279 g/mol. The predicted octanol–water partition coefficient (Wildman–Crippen LogP) is 3.68. The van der Waals surface area contributed by atoms with Crippen LogP contribution in [0.4, 0.5) is 17.1 Å². The number of nitrogen functional groups attached to an aromatic ring is 1. The highest BCUT2D eigenvalue weighted by atomic mass is 35.5. The molecule has 0 saturated carbocycles. The molecule has 3 N–H and O–H groups in total. The Kier molecular flexibility index (Phi) is 4.02. The Morgan fingerprint density at radius 2 is 1.74 bits per heavy atom. The highest BCUT2D eigenvalue weighted by Crippen LogP contribution is 2.34. The minimum absolute atomic E-state index is 0.554. The van der Waals surface area contributed by atoms with Crippen molar-refractivity contribution >= 4 is 28.7 Å². The number of anilines is 3. The van der Waals surface area contributed by atoms with Gasteiger partial charge in [-0.2, -0.15) is 0 Å². The first-order valence-corrected chi connectivity index (χ1v) is 6.06. The summed E-state index contributed by atoms with van der Waals surface area (Å²) in [5.74, 6) is 1.40. The van der Waals surface area contributed by atoms with Gasteiger partial charge in [-0.05, 0) is 30.3 Å². The fourth-order valence-corrected chi connectivity index (χ4v) is 1.92. The van der Waals surface area contributed by atoms with Crippen LogP contribution in [-0.2, 0) is 0 Å². The highest BCUT2D eigenvalue weighted by Gasteiger charge is 2.07. The van der Waals surface area contributed by atoms with Gasteiger partial charge in [-0.1, -0.05) is 11.6 Å². The fraction of sp³-hybridized carbons (Fsp3) is 0.143. The molecule has 0 aliphatic heterocycles. The Bertz CT molecular complexity index is 588. The van der Waals surface area contributed by atoms with Gasteiger partial charge in [-0.15, -0.1) is 0 Å². The maximum absolute atomic E-state index is 6.13. The normalized spacial score (nSPS) is 10.1. The first kappa shape index (κ1) is 13.4. The number of ether oxygens (including phenoxy) is 2. The van der Waals surface area contributed by atoms with Gasteiger partial charge in [0.15, 0.2) is 0 Å². The van der Waals surface area contributed by atoms with Crippen LogP contribution in [0.1, 0.15) is 0 Å². The van der Waals surface area contributed by atoms with Crippen LogP contribution in [0.15, 0.2) is 36.4 Å². The third kappa shape index (κ3) is 3.03. The topological polar surface area (TPSA) is 56.5 Å². The summed E-state index contributed by atoms with van der Waals surface area (Å²) in [5, 5.41) is 3.76. The van der Waals surface area contributed by atoms with Crippen LogP contribution in [0.2, 0.25) is 5.02 Å². The van der Waals surface area contributed by atoms with Crippen molar-refractivity contribution in [3.63, 3.8) is 0 Å². The molecule has 0 aliphatic carbocycles. The number of rotatable bonds is 4. The molecule has 19 heavy (non-hydrogen) atoms. The molecule has 5 heteroatoms. The van der Waals surface area contributed by atoms with E-state index in [0.29, 0.717) is 16.5 Å². The number of nitrogens with two attached hydrogens (primary N) is 1. The van der Waals surface area contributed by atoms with Gasteiger partial charge in [0.2, 0.25) is 0 Å². The molecular formula is C14H15ClN2O2. The van der Waals surface area contributed by atoms with Crippen molar-refractivity contribution in [2.45, 2.75) is 0 Å². The van der Waals surface area contributed by atoms with Gasteiger partial charge in [0.25, 0.3) is 0 Å². The summed E-state index contributed by atoms with van der Waals surface area (Å²) >= 11 is 6.13. The number of methoxy groups -OCH3 is 2. The molecule has 0 amide bonds. The molecule has 2 rings (SSSR count). The Morgan fingerprint density at radius 3 is 2.37 bits per heavy atom. The second-order valence-electron chi connectivity index (χ2n) is 3.93. The zero-order valence-corrected chi connectivity index (χ0v) is 11.5. The minimum Gasteiger partial charge on any atom is -0.497 e. The van der Waals surface area contributed by atoms with Crippen LogP contribution in [0.3, 0.4) is 0 Å². The molecule has 2 aromatic carbocycles. The summed E-state index contributed by atoms with van der Waals surface area (Å²) in [6.07, 6.45) is 0. The second kappa shape index (κ2) is 5.71. The largest absolute Gasteiger partial charge is 0.497 e. The van der Waals surface area contributed by atoms with Gasteiger partial charge in [0.05, 0.1) is 30.6 Å². The summed E-state index contributed by atoms with van der Waals surface area (Å²) in [6, 6.07) is 10.8. The summed E-state index contributed by atoms with van der Waals surface area (Å²) in [7, 11) is 3.21. The van der Waals surface area contributed by atoms with Crippen LogP contribution in [0, 0.1) is 0 Å². The second-order valence-corrected chi connectivity index (χ2v) is 4.34. The molecule has 0 fully saturated rings. The van der Waals surface area contributed by atoms with Crippen LogP contribution >= 0.6 is 11.6 Å². The smallest absolute Gasteiger partial charge is 0.145 e. The molecule has 0 heterocycles. The van der Waals surface area contributed by atoms with Crippen LogP contribution in [0.5, 0.6) is 11.5 Å². The summed E-state index contributed by atoms with van der Waals surface area (Å²) in [6.45, 7) is 0. The van der Waals surface area contributed by atoms with Crippen molar-refractivity contribution < 1.29 is 9.47 Å². The summed E-state index contributed by atoms with van der Waals surface area (Å²) in [5.41, 5.74) is 7.85. The van der Waals surface area contributed by atoms with Gasteiger partial charge in [-0.25, -0.2) is 0 Å². The lowest BCUT2D eigenvalue weighted by Crippen LogP contribution is -1.96. The van der Waals surface area contributed by atoms with Gasteiger partial charge < -0.3 is 20.5 Å². The van der Waals surface area contributed by atoms with Crippen molar-refractivity contribution in [1.82, 2.24) is 0 Å². The fourth-order valence-electron chi connectivity index (χ4n) is 1.68. The SMILES string of the molecule is COc1ccc(Nc2ccc(N)cc2Cl)c(OC)c1. The highest BCUT2D eigenvalue weighted by molar-refractivity contribution is 6.33. The molecule has 100 valence electrons.